The summed E-state index contributed by atoms with van der Waals surface area (Å²) in [5, 5.41) is 8.98. The Morgan fingerprint density at radius 1 is 1.50 bits per heavy atom. The van der Waals surface area contributed by atoms with Gasteiger partial charge in [0.15, 0.2) is 6.29 Å². The van der Waals surface area contributed by atoms with Crippen LogP contribution in [0.1, 0.15) is 27.2 Å². The number of thiol groups is 1. The van der Waals surface area contributed by atoms with Gasteiger partial charge in [-0.2, -0.15) is 0 Å². The molecule has 0 aromatic heterocycles. The quantitative estimate of drug-likeness (QED) is 0.449. The third-order valence-electron chi connectivity index (χ3n) is 2.58. The smallest absolute Gasteiger partial charge is 0.408 e. The van der Waals surface area contributed by atoms with Gasteiger partial charge in [0.1, 0.15) is 10.5 Å². The second-order valence-electron chi connectivity index (χ2n) is 5.32. The average molecular weight is 275 g/mol. The number of carboxylic acid groups (broad SMARTS) is 1. The zero-order valence-corrected chi connectivity index (χ0v) is 11.4. The lowest BCUT2D eigenvalue weighted by molar-refractivity contribution is -0.159. The summed E-state index contributed by atoms with van der Waals surface area (Å²) in [5.41, 5.74) is -0.645. The van der Waals surface area contributed by atoms with Crippen LogP contribution in [0.3, 0.4) is 0 Å². The molecule has 0 aromatic rings. The van der Waals surface area contributed by atoms with E-state index in [1.54, 1.807) is 20.8 Å². The van der Waals surface area contributed by atoms with E-state index >= 15 is 0 Å². The van der Waals surface area contributed by atoms with Crippen molar-refractivity contribution in [3.05, 3.63) is 0 Å². The molecule has 0 radical (unpaired) electrons. The van der Waals surface area contributed by atoms with Crippen LogP contribution in [0.5, 0.6) is 0 Å². The first-order valence-corrected chi connectivity index (χ1v) is 5.96. The molecule has 1 aliphatic rings. The molecule has 2 atom stereocenters. The van der Waals surface area contributed by atoms with Crippen molar-refractivity contribution in [2.75, 3.05) is 6.54 Å². The summed E-state index contributed by atoms with van der Waals surface area (Å²) in [6.45, 7) is 5.10. The van der Waals surface area contributed by atoms with E-state index in [1.807, 2.05) is 0 Å². The van der Waals surface area contributed by atoms with Gasteiger partial charge in [0.05, 0.1) is 5.92 Å². The van der Waals surface area contributed by atoms with Crippen LogP contribution in [-0.2, 0) is 14.3 Å². The SMILES string of the molecule is CC(C)(C)OC(=O)[C@@H]1CN(C(=O)O)[C@@](S)(C=O)C1. The Morgan fingerprint density at radius 2 is 2.06 bits per heavy atom. The van der Waals surface area contributed by atoms with E-state index < -0.39 is 28.5 Å². The number of amides is 1. The molecule has 0 unspecified atom stereocenters. The molecule has 6 nitrogen and oxygen atoms in total. The van der Waals surface area contributed by atoms with Crippen LogP contribution in [0.4, 0.5) is 4.79 Å². The lowest BCUT2D eigenvalue weighted by Crippen LogP contribution is -2.43. The Morgan fingerprint density at radius 3 is 2.39 bits per heavy atom. The fourth-order valence-corrected chi connectivity index (χ4v) is 2.20. The fourth-order valence-electron chi connectivity index (χ4n) is 1.81. The van der Waals surface area contributed by atoms with Crippen LogP contribution in [0.25, 0.3) is 0 Å². The Kier molecular flexibility index (Phi) is 3.95. The molecule has 1 fully saturated rings. The van der Waals surface area contributed by atoms with Crippen LogP contribution < -0.4 is 0 Å². The van der Waals surface area contributed by atoms with Crippen LogP contribution in [0.2, 0.25) is 0 Å². The van der Waals surface area contributed by atoms with Gasteiger partial charge in [-0.15, -0.1) is 12.6 Å². The van der Waals surface area contributed by atoms with Gasteiger partial charge in [-0.25, -0.2) is 4.79 Å². The highest BCUT2D eigenvalue weighted by molar-refractivity contribution is 7.82. The molecule has 18 heavy (non-hydrogen) atoms. The van der Waals surface area contributed by atoms with E-state index in [-0.39, 0.29) is 13.0 Å². The van der Waals surface area contributed by atoms with Gasteiger partial charge < -0.3 is 9.84 Å². The molecule has 0 saturated carbocycles. The minimum Gasteiger partial charge on any atom is -0.465 e. The largest absolute Gasteiger partial charge is 0.465 e. The van der Waals surface area contributed by atoms with Crippen molar-refractivity contribution >= 4 is 31.0 Å². The number of esters is 1. The van der Waals surface area contributed by atoms with E-state index in [4.69, 9.17) is 9.84 Å². The zero-order chi connectivity index (χ0) is 14.1. The van der Waals surface area contributed by atoms with Crippen LogP contribution >= 0.6 is 12.6 Å². The summed E-state index contributed by atoms with van der Waals surface area (Å²) in [7, 11) is 0. The van der Waals surface area contributed by atoms with Crippen LogP contribution in [0.15, 0.2) is 0 Å². The Balaban J connectivity index is 2.82. The number of aldehydes is 1. The number of hydrogen-bond acceptors (Lipinski definition) is 5. The number of ether oxygens (including phenoxy) is 1. The molecule has 1 saturated heterocycles. The maximum absolute atomic E-state index is 11.8. The van der Waals surface area contributed by atoms with Gasteiger partial charge in [-0.3, -0.25) is 14.5 Å². The van der Waals surface area contributed by atoms with Gasteiger partial charge >= 0.3 is 12.1 Å². The summed E-state index contributed by atoms with van der Waals surface area (Å²) in [6.07, 6.45) is -0.807. The van der Waals surface area contributed by atoms with Crippen molar-refractivity contribution in [1.29, 1.82) is 0 Å². The standard InChI is InChI=1S/C11H17NO5S/c1-10(2,3)17-8(14)7-4-11(18,6-13)12(5-7)9(15)16/h6-7,18H,4-5H2,1-3H3,(H,15,16)/t7-,11-/m0/s1. The maximum atomic E-state index is 11.8. The highest BCUT2D eigenvalue weighted by Crippen LogP contribution is 2.36. The molecule has 0 aromatic carbocycles. The Hall–Kier alpha value is -1.24. The van der Waals surface area contributed by atoms with Gasteiger partial charge in [0.25, 0.3) is 0 Å². The summed E-state index contributed by atoms with van der Waals surface area (Å²) in [4.78, 5) is 33.2. The third-order valence-corrected chi connectivity index (χ3v) is 3.11. The van der Waals surface area contributed by atoms with Gasteiger partial charge in [0.2, 0.25) is 0 Å². The number of likely N-dealkylation sites (tertiary alicyclic amines) is 1. The molecule has 1 heterocycles. The van der Waals surface area contributed by atoms with Crippen molar-refractivity contribution < 1.29 is 24.2 Å². The first-order chi connectivity index (χ1) is 8.09. The van der Waals surface area contributed by atoms with Gasteiger partial charge in [-0.05, 0) is 20.8 Å². The summed E-state index contributed by atoms with van der Waals surface area (Å²) >= 11 is 4.05. The molecule has 102 valence electrons. The molecule has 1 N–H and O–H groups in total. The average Bonchev–Trinajstić information content (AvgIpc) is 2.55. The predicted octanol–water partition coefficient (Wildman–Crippen LogP) is 1.15. The van der Waals surface area contributed by atoms with E-state index in [2.05, 4.69) is 12.6 Å². The van der Waals surface area contributed by atoms with E-state index in [0.29, 0.717) is 6.29 Å². The van der Waals surface area contributed by atoms with Crippen molar-refractivity contribution in [3.63, 3.8) is 0 Å². The second-order valence-corrected chi connectivity index (χ2v) is 6.10. The topological polar surface area (TPSA) is 83.9 Å². The minimum absolute atomic E-state index is 0.0286. The molecule has 1 amide bonds. The van der Waals surface area contributed by atoms with Crippen molar-refractivity contribution in [1.82, 2.24) is 4.90 Å². The summed E-state index contributed by atoms with van der Waals surface area (Å²) in [5.74, 6) is -1.17. The second kappa shape index (κ2) is 4.79. The van der Waals surface area contributed by atoms with Crippen molar-refractivity contribution in [2.24, 2.45) is 5.92 Å². The molecule has 1 aliphatic heterocycles. The maximum Gasteiger partial charge on any atom is 0.408 e. The fraction of sp³-hybridized carbons (Fsp3) is 0.727. The van der Waals surface area contributed by atoms with E-state index in [1.165, 1.54) is 0 Å². The van der Waals surface area contributed by atoms with E-state index in [0.717, 1.165) is 4.90 Å². The lowest BCUT2D eigenvalue weighted by atomic mass is 10.1. The highest BCUT2D eigenvalue weighted by Gasteiger charge is 2.49. The molecule has 0 aliphatic carbocycles. The van der Waals surface area contributed by atoms with Gasteiger partial charge in [0, 0.05) is 13.0 Å². The first-order valence-electron chi connectivity index (χ1n) is 5.51. The van der Waals surface area contributed by atoms with Gasteiger partial charge in [-0.1, -0.05) is 0 Å². The van der Waals surface area contributed by atoms with Crippen LogP contribution in [0, 0.1) is 5.92 Å². The summed E-state index contributed by atoms with van der Waals surface area (Å²) < 4.78 is 5.18. The minimum atomic E-state index is -1.45. The molecule has 0 bridgehead atoms. The number of carbonyl (C=O) groups is 3. The third kappa shape index (κ3) is 3.16. The first kappa shape index (κ1) is 14.8. The molecular formula is C11H17NO5S. The van der Waals surface area contributed by atoms with E-state index in [9.17, 15) is 14.4 Å². The number of carbonyl (C=O) groups excluding carboxylic acids is 2. The van der Waals surface area contributed by atoms with Crippen molar-refractivity contribution in [3.8, 4) is 0 Å². The Labute approximate surface area is 111 Å². The molecule has 7 heteroatoms. The van der Waals surface area contributed by atoms with Crippen LogP contribution in [-0.4, -0.2) is 45.4 Å². The predicted molar refractivity (Wildman–Crippen MR) is 66.5 cm³/mol. The molecule has 0 spiro atoms. The monoisotopic (exact) mass is 275 g/mol. The highest BCUT2D eigenvalue weighted by atomic mass is 32.1. The summed E-state index contributed by atoms with van der Waals surface area (Å²) in [6, 6.07) is 0. The zero-order valence-electron chi connectivity index (χ0n) is 10.5. The Bertz CT molecular complexity index is 378. The molecular weight excluding hydrogens is 258 g/mol. The number of nitrogens with zero attached hydrogens (tertiary/aromatic N) is 1. The lowest BCUT2D eigenvalue weighted by Gasteiger charge is -2.25. The normalized spacial score (nSPS) is 28.0. The molecule has 1 rings (SSSR count). The number of rotatable bonds is 2. The van der Waals surface area contributed by atoms with Crippen molar-refractivity contribution in [2.45, 2.75) is 37.7 Å². The number of hydrogen-bond donors (Lipinski definition) is 2.